The number of rotatable bonds is 3. The quantitative estimate of drug-likeness (QED) is 0.885. The van der Waals surface area contributed by atoms with E-state index in [0.717, 1.165) is 16.8 Å². The summed E-state index contributed by atoms with van der Waals surface area (Å²) in [5, 5.41) is 6.85. The largest absolute Gasteiger partial charge is 0.351 e. The molecule has 6 nitrogen and oxygen atoms in total. The second kappa shape index (κ2) is 5.09. The Kier molecular flexibility index (Phi) is 3.50. The van der Waals surface area contributed by atoms with Crippen LogP contribution >= 0.6 is 0 Å². The lowest BCUT2D eigenvalue weighted by molar-refractivity contribution is 0.255. The number of amides is 2. The van der Waals surface area contributed by atoms with Gasteiger partial charge >= 0.3 is 6.03 Å². The van der Waals surface area contributed by atoms with Crippen LogP contribution in [0.1, 0.15) is 23.9 Å². The summed E-state index contributed by atoms with van der Waals surface area (Å²) < 4.78 is 0. The minimum absolute atomic E-state index is 0.279. The molecule has 100 valence electrons. The van der Waals surface area contributed by atoms with E-state index in [2.05, 4.69) is 15.2 Å². The van der Waals surface area contributed by atoms with E-state index in [1.807, 2.05) is 39.0 Å². The van der Waals surface area contributed by atoms with Crippen LogP contribution in [-0.2, 0) is 6.42 Å². The molecule has 0 spiro atoms. The van der Waals surface area contributed by atoms with Crippen LogP contribution in [0.3, 0.4) is 0 Å². The Morgan fingerprint density at radius 1 is 1.37 bits per heavy atom. The molecule has 2 amide bonds. The van der Waals surface area contributed by atoms with Crippen molar-refractivity contribution in [3.05, 3.63) is 35.2 Å². The average molecular weight is 259 g/mol. The first kappa shape index (κ1) is 13.1. The van der Waals surface area contributed by atoms with E-state index in [1.165, 1.54) is 4.90 Å². The molecule has 1 aromatic carbocycles. The number of hydrogen-bond donors (Lipinski definition) is 2. The molecule has 3 N–H and O–H groups in total. The molecule has 0 bridgehead atoms. The smallest absolute Gasteiger partial charge is 0.326 e. The predicted molar refractivity (Wildman–Crippen MR) is 73.4 cm³/mol. The molecule has 6 heteroatoms. The summed E-state index contributed by atoms with van der Waals surface area (Å²) in [5.74, 6) is 0.995. The third kappa shape index (κ3) is 2.42. The molecule has 0 aliphatic carbocycles. The molecule has 1 aromatic heterocycles. The Labute approximate surface area is 111 Å². The topological polar surface area (TPSA) is 87.9 Å². The van der Waals surface area contributed by atoms with E-state index < -0.39 is 6.03 Å². The van der Waals surface area contributed by atoms with E-state index in [0.29, 0.717) is 12.2 Å². The molecule has 0 atom stereocenters. The number of nitrogens with two attached hydrogens (primary N) is 1. The number of hydrogen-bond acceptors (Lipinski definition) is 3. The maximum Gasteiger partial charge on any atom is 0.326 e. The van der Waals surface area contributed by atoms with Crippen LogP contribution in [0.25, 0.3) is 0 Å². The molecular formula is C13H17N5O. The van der Waals surface area contributed by atoms with Gasteiger partial charge in [0.05, 0.1) is 5.69 Å². The molecule has 2 rings (SSSR count). The number of carbonyl (C=O) groups is 1. The highest BCUT2D eigenvalue weighted by Crippen LogP contribution is 2.29. The van der Waals surface area contributed by atoms with Crippen molar-refractivity contribution in [3.8, 4) is 0 Å². The Morgan fingerprint density at radius 2 is 2.00 bits per heavy atom. The maximum absolute atomic E-state index is 11.8. The summed E-state index contributed by atoms with van der Waals surface area (Å²) in [7, 11) is 0. The molecule has 19 heavy (non-hydrogen) atoms. The highest BCUT2D eigenvalue weighted by Gasteiger charge is 2.22. The summed E-state index contributed by atoms with van der Waals surface area (Å²) in [5.41, 5.74) is 8.11. The standard InChI is InChI=1S/C13H17N5O/c1-4-10-15-13(17-16-10)18(12(14)19)11-8(2)6-5-7-9(11)3/h5-7H,4H2,1-3H3,(H2,14,19)(H,15,16,17). The van der Waals surface area contributed by atoms with Crippen molar-refractivity contribution < 1.29 is 4.79 Å². The number of anilines is 2. The van der Waals surface area contributed by atoms with Crippen LogP contribution in [0.4, 0.5) is 16.4 Å². The van der Waals surface area contributed by atoms with Crippen molar-refractivity contribution in [2.24, 2.45) is 5.73 Å². The fourth-order valence-electron chi connectivity index (χ4n) is 2.01. The number of carbonyl (C=O) groups excluding carboxylic acids is 1. The van der Waals surface area contributed by atoms with Gasteiger partial charge in [-0.05, 0) is 25.0 Å². The van der Waals surface area contributed by atoms with Gasteiger partial charge in [0.25, 0.3) is 5.95 Å². The summed E-state index contributed by atoms with van der Waals surface area (Å²) in [6.07, 6.45) is 0.715. The minimum Gasteiger partial charge on any atom is -0.351 e. The van der Waals surface area contributed by atoms with Gasteiger partial charge in [0.15, 0.2) is 0 Å². The zero-order valence-electron chi connectivity index (χ0n) is 11.3. The van der Waals surface area contributed by atoms with E-state index in [9.17, 15) is 4.79 Å². The van der Waals surface area contributed by atoms with Crippen LogP contribution in [0, 0.1) is 13.8 Å². The summed E-state index contributed by atoms with van der Waals surface area (Å²) in [4.78, 5) is 17.4. The molecule has 0 saturated heterocycles. The van der Waals surface area contributed by atoms with Crippen molar-refractivity contribution in [1.82, 2.24) is 15.2 Å². The fraction of sp³-hybridized carbons (Fsp3) is 0.308. The van der Waals surface area contributed by atoms with Gasteiger partial charge in [0, 0.05) is 6.42 Å². The summed E-state index contributed by atoms with van der Waals surface area (Å²) in [6, 6.07) is 5.18. The third-order valence-electron chi connectivity index (χ3n) is 2.94. The highest BCUT2D eigenvalue weighted by atomic mass is 16.2. The Bertz CT molecular complexity index is 585. The second-order valence-corrected chi connectivity index (χ2v) is 4.35. The van der Waals surface area contributed by atoms with Gasteiger partial charge in [0.1, 0.15) is 5.82 Å². The lowest BCUT2D eigenvalue weighted by Crippen LogP contribution is -2.33. The lowest BCUT2D eigenvalue weighted by Gasteiger charge is -2.20. The van der Waals surface area contributed by atoms with Crippen LogP contribution in [0.5, 0.6) is 0 Å². The van der Waals surface area contributed by atoms with E-state index in [-0.39, 0.29) is 5.95 Å². The number of benzene rings is 1. The van der Waals surface area contributed by atoms with Gasteiger partial charge in [0.2, 0.25) is 0 Å². The number of aryl methyl sites for hydroxylation is 3. The van der Waals surface area contributed by atoms with Crippen molar-refractivity contribution in [1.29, 1.82) is 0 Å². The number of primary amides is 1. The maximum atomic E-state index is 11.8. The number of aromatic nitrogens is 3. The van der Waals surface area contributed by atoms with Crippen LogP contribution in [-0.4, -0.2) is 21.2 Å². The normalized spacial score (nSPS) is 10.5. The van der Waals surface area contributed by atoms with Gasteiger partial charge in [-0.25, -0.2) is 9.69 Å². The fourth-order valence-corrected chi connectivity index (χ4v) is 2.01. The zero-order chi connectivity index (χ0) is 14.0. The monoisotopic (exact) mass is 259 g/mol. The zero-order valence-corrected chi connectivity index (χ0v) is 11.3. The molecule has 0 saturated carbocycles. The van der Waals surface area contributed by atoms with Crippen LogP contribution in [0.15, 0.2) is 18.2 Å². The van der Waals surface area contributed by atoms with Crippen molar-refractivity contribution in [3.63, 3.8) is 0 Å². The highest BCUT2D eigenvalue weighted by molar-refractivity contribution is 5.98. The number of nitrogens with one attached hydrogen (secondary N) is 1. The number of aromatic amines is 1. The lowest BCUT2D eigenvalue weighted by atomic mass is 10.1. The Balaban J connectivity index is 2.55. The Morgan fingerprint density at radius 3 is 2.47 bits per heavy atom. The first-order chi connectivity index (χ1) is 9.04. The molecule has 0 aliphatic heterocycles. The summed E-state index contributed by atoms with van der Waals surface area (Å²) >= 11 is 0. The average Bonchev–Trinajstić information content (AvgIpc) is 2.81. The number of H-pyrrole nitrogens is 1. The second-order valence-electron chi connectivity index (χ2n) is 4.35. The van der Waals surface area contributed by atoms with Gasteiger partial charge < -0.3 is 5.73 Å². The van der Waals surface area contributed by atoms with Crippen molar-refractivity contribution >= 4 is 17.7 Å². The van der Waals surface area contributed by atoms with Gasteiger partial charge in [-0.2, -0.15) is 4.98 Å². The molecule has 2 aromatic rings. The van der Waals surface area contributed by atoms with Gasteiger partial charge in [-0.15, -0.1) is 5.10 Å². The molecule has 0 unspecified atom stereocenters. The first-order valence-electron chi connectivity index (χ1n) is 6.11. The van der Waals surface area contributed by atoms with Crippen molar-refractivity contribution in [2.45, 2.75) is 27.2 Å². The summed E-state index contributed by atoms with van der Waals surface area (Å²) in [6.45, 7) is 5.80. The predicted octanol–water partition coefficient (Wildman–Crippen LogP) is 2.20. The minimum atomic E-state index is -0.598. The van der Waals surface area contributed by atoms with Crippen LogP contribution in [0.2, 0.25) is 0 Å². The van der Waals surface area contributed by atoms with E-state index >= 15 is 0 Å². The number of nitrogens with zero attached hydrogens (tertiary/aromatic N) is 3. The molecule has 1 heterocycles. The number of urea groups is 1. The number of para-hydroxylation sites is 1. The van der Waals surface area contributed by atoms with Crippen LogP contribution < -0.4 is 10.6 Å². The van der Waals surface area contributed by atoms with E-state index in [1.54, 1.807) is 0 Å². The third-order valence-corrected chi connectivity index (χ3v) is 2.94. The molecule has 0 aliphatic rings. The first-order valence-corrected chi connectivity index (χ1v) is 6.11. The molecular weight excluding hydrogens is 242 g/mol. The van der Waals surface area contributed by atoms with E-state index in [4.69, 9.17) is 5.73 Å². The molecule has 0 fully saturated rings. The molecule has 0 radical (unpaired) electrons. The van der Waals surface area contributed by atoms with Gasteiger partial charge in [-0.1, -0.05) is 25.1 Å². The van der Waals surface area contributed by atoms with Crippen molar-refractivity contribution in [2.75, 3.05) is 4.90 Å². The SMILES string of the molecule is CCc1nc(N(C(N)=O)c2c(C)cccc2C)n[nH]1. The Hall–Kier alpha value is -2.37. The van der Waals surface area contributed by atoms with Gasteiger partial charge in [-0.3, -0.25) is 5.10 Å².